The molecule has 0 aliphatic carbocycles. The van der Waals surface area contributed by atoms with Crippen LogP contribution in [0.5, 0.6) is 0 Å². The Balaban J connectivity index is 1.52. The van der Waals surface area contributed by atoms with Crippen LogP contribution >= 0.6 is 11.3 Å². The minimum atomic E-state index is -3.21. The molecule has 0 saturated carbocycles. The summed E-state index contributed by atoms with van der Waals surface area (Å²) in [5, 5.41) is 2.07. The van der Waals surface area contributed by atoms with Gasteiger partial charge in [-0.15, -0.1) is 11.3 Å². The number of H-pyrrole nitrogens is 1. The summed E-state index contributed by atoms with van der Waals surface area (Å²) in [7, 11) is -3.21. The molecule has 4 heterocycles. The fourth-order valence-electron chi connectivity index (χ4n) is 4.05. The highest BCUT2D eigenvalue weighted by molar-refractivity contribution is 7.89. The van der Waals surface area contributed by atoms with Crippen LogP contribution in [0.1, 0.15) is 47.6 Å². The van der Waals surface area contributed by atoms with E-state index in [1.807, 2.05) is 6.07 Å². The first-order valence-electron chi connectivity index (χ1n) is 9.81. The summed E-state index contributed by atoms with van der Waals surface area (Å²) in [6, 6.07) is 4.16. The van der Waals surface area contributed by atoms with E-state index in [9.17, 15) is 13.2 Å². The molecule has 1 fully saturated rings. The van der Waals surface area contributed by atoms with Gasteiger partial charge in [0.2, 0.25) is 10.0 Å². The van der Waals surface area contributed by atoms with Crippen LogP contribution in [0, 0.1) is 0 Å². The normalized spacial score (nSPS) is 21.5. The zero-order chi connectivity index (χ0) is 19.7. The minimum Gasteiger partial charge on any atom is -0.310 e. The second-order valence-electron chi connectivity index (χ2n) is 7.51. The maximum Gasteiger partial charge on any atom is 0.255 e. The number of hydrogen-bond donors (Lipinski definition) is 1. The molecule has 9 heteroatoms. The highest BCUT2D eigenvalue weighted by Crippen LogP contribution is 2.27. The van der Waals surface area contributed by atoms with Gasteiger partial charge in [0.15, 0.2) is 0 Å². The average molecular weight is 423 g/mol. The molecule has 7 nitrogen and oxygen atoms in total. The van der Waals surface area contributed by atoms with Gasteiger partial charge < -0.3 is 4.98 Å². The molecule has 1 atom stereocenters. The topological polar surface area (TPSA) is 86.4 Å². The van der Waals surface area contributed by atoms with Crippen molar-refractivity contribution in [3.8, 4) is 0 Å². The third-order valence-electron chi connectivity index (χ3n) is 5.65. The Labute approximate surface area is 169 Å². The van der Waals surface area contributed by atoms with Gasteiger partial charge in [-0.3, -0.25) is 9.69 Å². The van der Waals surface area contributed by atoms with E-state index in [0.717, 1.165) is 43.6 Å². The van der Waals surface area contributed by atoms with Crippen molar-refractivity contribution >= 4 is 21.4 Å². The van der Waals surface area contributed by atoms with Gasteiger partial charge in [0.1, 0.15) is 5.82 Å². The Kier molecular flexibility index (Phi) is 5.69. The fraction of sp³-hybridized carbons (Fsp3) is 0.579. The van der Waals surface area contributed by atoms with Crippen molar-refractivity contribution in [2.45, 2.75) is 45.2 Å². The molecule has 2 aliphatic rings. The molecule has 0 radical (unpaired) electrons. The molecule has 1 N–H and O–H groups in total. The largest absolute Gasteiger partial charge is 0.310 e. The highest BCUT2D eigenvalue weighted by Gasteiger charge is 2.31. The zero-order valence-corrected chi connectivity index (χ0v) is 17.7. The molecular weight excluding hydrogens is 396 g/mol. The Morgan fingerprint density at radius 3 is 2.96 bits per heavy atom. The van der Waals surface area contributed by atoms with Crippen molar-refractivity contribution in [1.29, 1.82) is 0 Å². The van der Waals surface area contributed by atoms with E-state index >= 15 is 0 Å². The van der Waals surface area contributed by atoms with Gasteiger partial charge in [0.05, 0.1) is 17.0 Å². The average Bonchev–Trinajstić information content (AvgIpc) is 3.21. The summed E-state index contributed by atoms with van der Waals surface area (Å²) in [4.78, 5) is 24.1. The van der Waals surface area contributed by atoms with Crippen LogP contribution in [-0.4, -0.2) is 53.0 Å². The molecule has 0 unspecified atom stereocenters. The number of aromatic nitrogens is 2. The van der Waals surface area contributed by atoms with E-state index in [4.69, 9.17) is 4.98 Å². The number of fused-ring (bicyclic) bond motifs is 1. The van der Waals surface area contributed by atoms with Crippen LogP contribution in [0.15, 0.2) is 22.3 Å². The lowest BCUT2D eigenvalue weighted by atomic mass is 9.98. The number of hydrogen-bond acceptors (Lipinski definition) is 6. The molecule has 1 saturated heterocycles. The standard InChI is InChI=1S/C19H26N4O3S2/c1-2-28(25,26)23-8-3-5-14(11-23)18-20-17-7-9-22(12-15-6-4-10-27-15)13-16(17)19(24)21-18/h4,6,10,14H,2-3,5,7-9,11-13H2,1H3,(H,20,21,24)/t14-/m0/s1. The van der Waals surface area contributed by atoms with Crippen LogP contribution in [0.2, 0.25) is 0 Å². The maximum atomic E-state index is 12.8. The zero-order valence-electron chi connectivity index (χ0n) is 16.1. The van der Waals surface area contributed by atoms with Gasteiger partial charge in [-0.25, -0.2) is 17.7 Å². The predicted molar refractivity (Wildman–Crippen MR) is 110 cm³/mol. The first-order valence-corrected chi connectivity index (χ1v) is 12.3. The summed E-state index contributed by atoms with van der Waals surface area (Å²) >= 11 is 1.73. The quantitative estimate of drug-likeness (QED) is 0.796. The van der Waals surface area contributed by atoms with Crippen molar-refractivity contribution in [1.82, 2.24) is 19.2 Å². The molecule has 2 aromatic heterocycles. The molecule has 152 valence electrons. The smallest absolute Gasteiger partial charge is 0.255 e. The second-order valence-corrected chi connectivity index (χ2v) is 10.8. The number of rotatable bonds is 5. The van der Waals surface area contributed by atoms with Crippen LogP contribution < -0.4 is 5.56 Å². The van der Waals surface area contributed by atoms with E-state index in [0.29, 0.717) is 25.5 Å². The van der Waals surface area contributed by atoms with Gasteiger partial charge in [-0.1, -0.05) is 6.07 Å². The molecule has 2 aromatic rings. The van der Waals surface area contributed by atoms with Crippen molar-refractivity contribution in [2.24, 2.45) is 0 Å². The van der Waals surface area contributed by atoms with Crippen LogP contribution in [-0.2, 0) is 29.5 Å². The summed E-state index contributed by atoms with van der Waals surface area (Å²) in [5.74, 6) is 0.706. The number of nitrogens with one attached hydrogen (secondary N) is 1. The lowest BCUT2D eigenvalue weighted by Crippen LogP contribution is -2.41. The molecule has 0 bridgehead atoms. The van der Waals surface area contributed by atoms with Crippen molar-refractivity contribution < 1.29 is 8.42 Å². The van der Waals surface area contributed by atoms with Crippen molar-refractivity contribution in [3.05, 3.63) is 49.8 Å². The van der Waals surface area contributed by atoms with Crippen LogP contribution in [0.25, 0.3) is 0 Å². The van der Waals surface area contributed by atoms with E-state index in [2.05, 4.69) is 21.3 Å². The van der Waals surface area contributed by atoms with Crippen molar-refractivity contribution in [2.75, 3.05) is 25.4 Å². The van der Waals surface area contributed by atoms with Crippen LogP contribution in [0.4, 0.5) is 0 Å². The molecule has 0 aromatic carbocycles. The fourth-order valence-corrected chi connectivity index (χ4v) is 5.98. The monoisotopic (exact) mass is 422 g/mol. The molecule has 28 heavy (non-hydrogen) atoms. The Morgan fingerprint density at radius 1 is 1.36 bits per heavy atom. The summed E-state index contributed by atoms with van der Waals surface area (Å²) in [5.41, 5.74) is 1.54. The first kappa shape index (κ1) is 19.8. The van der Waals surface area contributed by atoms with Gasteiger partial charge in [0, 0.05) is 49.9 Å². The predicted octanol–water partition coefficient (Wildman–Crippen LogP) is 1.92. The Bertz CT molecular complexity index is 985. The van der Waals surface area contributed by atoms with E-state index in [1.165, 1.54) is 4.88 Å². The number of nitrogens with zero attached hydrogens (tertiary/aromatic N) is 3. The summed E-state index contributed by atoms with van der Waals surface area (Å²) in [6.45, 7) is 4.96. The molecule has 0 spiro atoms. The summed E-state index contributed by atoms with van der Waals surface area (Å²) in [6.07, 6.45) is 2.39. The summed E-state index contributed by atoms with van der Waals surface area (Å²) < 4.78 is 26.0. The molecule has 4 rings (SSSR count). The third-order valence-corrected chi connectivity index (χ3v) is 8.36. The first-order chi connectivity index (χ1) is 13.5. The number of piperidine rings is 1. The second kappa shape index (κ2) is 8.06. The van der Waals surface area contributed by atoms with Gasteiger partial charge in [-0.05, 0) is 31.2 Å². The van der Waals surface area contributed by atoms with E-state index in [-0.39, 0.29) is 17.2 Å². The molecule has 0 amide bonds. The number of thiophene rings is 1. The highest BCUT2D eigenvalue weighted by atomic mass is 32.2. The molecular formula is C19H26N4O3S2. The van der Waals surface area contributed by atoms with Gasteiger partial charge in [-0.2, -0.15) is 0 Å². The third kappa shape index (κ3) is 4.07. The van der Waals surface area contributed by atoms with E-state index in [1.54, 1.807) is 22.6 Å². The Hall–Kier alpha value is -1.55. The number of aromatic amines is 1. The lowest BCUT2D eigenvalue weighted by molar-refractivity contribution is 0.242. The Morgan fingerprint density at radius 2 is 2.21 bits per heavy atom. The minimum absolute atomic E-state index is 0.0442. The van der Waals surface area contributed by atoms with Gasteiger partial charge >= 0.3 is 0 Å². The maximum absolute atomic E-state index is 12.8. The van der Waals surface area contributed by atoms with Gasteiger partial charge in [0.25, 0.3) is 5.56 Å². The SMILES string of the molecule is CCS(=O)(=O)N1CCC[C@H](c2nc3c(c(=O)[nH]2)CN(Cc2cccs2)CC3)C1. The van der Waals surface area contributed by atoms with E-state index < -0.39 is 10.0 Å². The van der Waals surface area contributed by atoms with Crippen molar-refractivity contribution in [3.63, 3.8) is 0 Å². The lowest BCUT2D eigenvalue weighted by Gasteiger charge is -2.32. The van der Waals surface area contributed by atoms with Crippen LogP contribution in [0.3, 0.4) is 0 Å². The molecule has 2 aliphatic heterocycles. The number of sulfonamides is 1.